The van der Waals surface area contributed by atoms with Gasteiger partial charge in [0.1, 0.15) is 11.3 Å². The molecule has 0 aliphatic carbocycles. The van der Waals surface area contributed by atoms with Crippen LogP contribution in [-0.2, 0) is 11.2 Å². The second-order valence-electron chi connectivity index (χ2n) is 7.58. The summed E-state index contributed by atoms with van der Waals surface area (Å²) in [6.07, 6.45) is 2.32. The molecule has 1 aliphatic rings. The number of amides is 2. The van der Waals surface area contributed by atoms with Gasteiger partial charge < -0.3 is 19.5 Å². The lowest BCUT2D eigenvalue weighted by Crippen LogP contribution is -2.48. The number of nitrogens with one attached hydrogen (secondary N) is 2. The Labute approximate surface area is 195 Å². The number of anilines is 2. The molecule has 1 fully saturated rings. The average Bonchev–Trinajstić information content (AvgIpc) is 3.30. The van der Waals surface area contributed by atoms with E-state index in [4.69, 9.17) is 4.74 Å². The lowest BCUT2D eigenvalue weighted by molar-refractivity contribution is -0.131. The first kappa shape index (κ1) is 22.5. The van der Waals surface area contributed by atoms with Crippen LogP contribution in [0.3, 0.4) is 0 Å². The lowest BCUT2D eigenvalue weighted by atomic mass is 10.2. The molecule has 0 radical (unpaired) electrons. The molecule has 0 atom stereocenters. The van der Waals surface area contributed by atoms with Crippen LogP contribution in [-0.4, -0.2) is 60.0 Å². The van der Waals surface area contributed by atoms with Crippen molar-refractivity contribution >= 4 is 34.0 Å². The Balaban J connectivity index is 1.24. The van der Waals surface area contributed by atoms with Crippen LogP contribution < -0.4 is 20.5 Å². The van der Waals surface area contributed by atoms with Crippen molar-refractivity contribution in [1.82, 2.24) is 14.9 Å². The number of nitrogens with zero attached hydrogens (tertiary/aromatic N) is 3. The van der Waals surface area contributed by atoms with Crippen LogP contribution in [0.15, 0.2) is 52.8 Å². The third-order valence-corrected chi connectivity index (χ3v) is 6.31. The molecule has 0 unspecified atom stereocenters. The molecule has 3 aromatic rings. The zero-order valence-electron chi connectivity index (χ0n) is 18.2. The quantitative estimate of drug-likeness (QED) is 0.552. The number of hydrogen-bond donors (Lipinski definition) is 2. The predicted molar refractivity (Wildman–Crippen MR) is 127 cm³/mol. The molecule has 1 aliphatic heterocycles. The fourth-order valence-electron chi connectivity index (χ4n) is 3.64. The Kier molecular flexibility index (Phi) is 7.04. The number of carbonyl (C=O) groups is 2. The molecule has 0 bridgehead atoms. The Hall–Kier alpha value is -3.66. The summed E-state index contributed by atoms with van der Waals surface area (Å²) in [5, 5.41) is 4.86. The van der Waals surface area contributed by atoms with Gasteiger partial charge in [-0.25, -0.2) is 4.98 Å². The molecule has 2 amide bonds. The number of aromatic amines is 1. The number of carbonyl (C=O) groups excluding carboxylic acids is 2. The van der Waals surface area contributed by atoms with E-state index in [-0.39, 0.29) is 11.5 Å². The number of thiazole rings is 1. The van der Waals surface area contributed by atoms with Crippen LogP contribution in [0.2, 0.25) is 0 Å². The number of pyridine rings is 1. The molecule has 4 rings (SSSR count). The number of piperazine rings is 1. The number of H-pyrrole nitrogens is 1. The fraction of sp³-hybridized carbons (Fsp3) is 0.304. The summed E-state index contributed by atoms with van der Waals surface area (Å²) in [4.78, 5) is 47.6. The number of aromatic nitrogens is 2. The van der Waals surface area contributed by atoms with Gasteiger partial charge in [-0.3, -0.25) is 19.7 Å². The lowest BCUT2D eigenvalue weighted by Gasteiger charge is -2.36. The van der Waals surface area contributed by atoms with E-state index < -0.39 is 11.5 Å². The van der Waals surface area contributed by atoms with Gasteiger partial charge in [-0.1, -0.05) is 0 Å². The average molecular weight is 468 g/mol. The summed E-state index contributed by atoms with van der Waals surface area (Å²) in [7, 11) is 1.65. The third kappa shape index (κ3) is 5.58. The first-order valence-corrected chi connectivity index (χ1v) is 11.5. The molecule has 2 aromatic heterocycles. The normalized spacial score (nSPS) is 13.6. The number of aryl methyl sites for hydroxylation is 1. The molecular formula is C23H25N5O4S. The van der Waals surface area contributed by atoms with Gasteiger partial charge in [-0.15, -0.1) is 11.3 Å². The summed E-state index contributed by atoms with van der Waals surface area (Å²) in [6.45, 7) is 2.91. The van der Waals surface area contributed by atoms with Crippen LogP contribution in [0.4, 0.5) is 10.8 Å². The van der Waals surface area contributed by atoms with E-state index in [0.29, 0.717) is 31.1 Å². The van der Waals surface area contributed by atoms with Crippen molar-refractivity contribution < 1.29 is 14.3 Å². The van der Waals surface area contributed by atoms with E-state index in [1.165, 1.54) is 23.6 Å². The molecule has 0 spiro atoms. The smallest absolute Gasteiger partial charge is 0.263 e. The van der Waals surface area contributed by atoms with Gasteiger partial charge in [0.2, 0.25) is 5.91 Å². The molecule has 172 valence electrons. The molecule has 10 heteroatoms. The van der Waals surface area contributed by atoms with Crippen LogP contribution >= 0.6 is 11.3 Å². The van der Waals surface area contributed by atoms with E-state index in [9.17, 15) is 14.4 Å². The maximum atomic E-state index is 12.7. The first-order chi connectivity index (χ1) is 16.0. The molecule has 9 nitrogen and oxygen atoms in total. The second-order valence-corrected chi connectivity index (χ2v) is 8.44. The van der Waals surface area contributed by atoms with Crippen molar-refractivity contribution in [2.24, 2.45) is 0 Å². The summed E-state index contributed by atoms with van der Waals surface area (Å²) < 4.78 is 5.20. The zero-order valence-corrected chi connectivity index (χ0v) is 19.1. The molecule has 1 saturated heterocycles. The summed E-state index contributed by atoms with van der Waals surface area (Å²) >= 11 is 1.27. The predicted octanol–water partition coefficient (Wildman–Crippen LogP) is 2.37. The fourth-order valence-corrected chi connectivity index (χ4v) is 4.38. The summed E-state index contributed by atoms with van der Waals surface area (Å²) in [5.41, 5.74) is 1.43. The second kappa shape index (κ2) is 10.3. The highest BCUT2D eigenvalue weighted by atomic mass is 32.1. The van der Waals surface area contributed by atoms with Crippen LogP contribution in [0.25, 0.3) is 0 Å². The maximum Gasteiger partial charge on any atom is 0.263 e. The van der Waals surface area contributed by atoms with Gasteiger partial charge in [-0.2, -0.15) is 0 Å². The standard InChI is InChI=1S/C23H25N5O4S/c1-32-18-7-5-17(6-8-18)27-11-13-28(14-12-27)20(29)9-4-16-15-33-23(25-16)26-22(31)19-3-2-10-24-21(19)30/h2-3,5-8,10,15H,4,9,11-14H2,1H3,(H,24,30)(H,25,26,31). The van der Waals surface area contributed by atoms with Gasteiger partial charge in [0.15, 0.2) is 5.13 Å². The largest absolute Gasteiger partial charge is 0.497 e. The van der Waals surface area contributed by atoms with Crippen LogP contribution in [0.1, 0.15) is 22.5 Å². The monoisotopic (exact) mass is 467 g/mol. The van der Waals surface area contributed by atoms with E-state index in [1.54, 1.807) is 13.2 Å². The van der Waals surface area contributed by atoms with Crippen molar-refractivity contribution in [3.05, 3.63) is 69.6 Å². The minimum atomic E-state index is -0.511. The number of ether oxygens (including phenoxy) is 1. The molecule has 3 heterocycles. The van der Waals surface area contributed by atoms with Gasteiger partial charge >= 0.3 is 0 Å². The first-order valence-electron chi connectivity index (χ1n) is 10.6. The van der Waals surface area contributed by atoms with Gasteiger partial charge in [0, 0.05) is 49.9 Å². The summed E-state index contributed by atoms with van der Waals surface area (Å²) in [5.74, 6) is 0.411. The Morgan fingerprint density at radius 3 is 2.61 bits per heavy atom. The van der Waals surface area contributed by atoms with Crippen molar-refractivity contribution in [2.45, 2.75) is 12.8 Å². The molecular weight excluding hydrogens is 442 g/mol. The molecule has 0 saturated carbocycles. The molecule has 33 heavy (non-hydrogen) atoms. The minimum Gasteiger partial charge on any atom is -0.497 e. The van der Waals surface area contributed by atoms with Crippen LogP contribution in [0, 0.1) is 0 Å². The Morgan fingerprint density at radius 2 is 1.91 bits per heavy atom. The number of rotatable bonds is 7. The third-order valence-electron chi connectivity index (χ3n) is 5.50. The van der Waals surface area contributed by atoms with E-state index in [1.807, 2.05) is 34.5 Å². The minimum absolute atomic E-state index is 0.0261. The number of methoxy groups -OCH3 is 1. The van der Waals surface area contributed by atoms with Crippen molar-refractivity contribution in [3.63, 3.8) is 0 Å². The highest BCUT2D eigenvalue weighted by Crippen LogP contribution is 2.21. The van der Waals surface area contributed by atoms with Gasteiger partial charge in [0.25, 0.3) is 11.5 Å². The van der Waals surface area contributed by atoms with Crippen molar-refractivity contribution in [3.8, 4) is 5.75 Å². The number of hydrogen-bond acceptors (Lipinski definition) is 7. The van der Waals surface area contributed by atoms with Crippen molar-refractivity contribution in [2.75, 3.05) is 43.5 Å². The molecule has 2 N–H and O–H groups in total. The number of benzene rings is 1. The van der Waals surface area contributed by atoms with E-state index >= 15 is 0 Å². The molecule has 1 aromatic carbocycles. The highest BCUT2D eigenvalue weighted by molar-refractivity contribution is 7.14. The SMILES string of the molecule is COc1ccc(N2CCN(C(=O)CCc3csc(NC(=O)c4ccc[nH]c4=O)n3)CC2)cc1. The Morgan fingerprint density at radius 1 is 1.15 bits per heavy atom. The van der Waals surface area contributed by atoms with Gasteiger partial charge in [0.05, 0.1) is 12.8 Å². The topological polar surface area (TPSA) is 108 Å². The Bertz CT molecular complexity index is 1170. The zero-order chi connectivity index (χ0) is 23.2. The van der Waals surface area contributed by atoms with Gasteiger partial charge in [-0.05, 0) is 42.8 Å². The van der Waals surface area contributed by atoms with E-state index in [0.717, 1.165) is 30.2 Å². The maximum absolute atomic E-state index is 12.7. The van der Waals surface area contributed by atoms with E-state index in [2.05, 4.69) is 20.2 Å². The van der Waals surface area contributed by atoms with Crippen LogP contribution in [0.5, 0.6) is 5.75 Å². The highest BCUT2D eigenvalue weighted by Gasteiger charge is 2.21. The van der Waals surface area contributed by atoms with Crippen molar-refractivity contribution in [1.29, 1.82) is 0 Å². The summed E-state index contributed by atoms with van der Waals surface area (Å²) in [6, 6.07) is 11.0.